The van der Waals surface area contributed by atoms with E-state index in [0.29, 0.717) is 37.9 Å². The summed E-state index contributed by atoms with van der Waals surface area (Å²) in [4.78, 5) is 14.6. The maximum absolute atomic E-state index is 12.8. The maximum atomic E-state index is 12.8. The Balaban J connectivity index is 1.56. The van der Waals surface area contributed by atoms with Gasteiger partial charge >= 0.3 is 0 Å². The van der Waals surface area contributed by atoms with Gasteiger partial charge in [-0.15, -0.1) is 0 Å². The summed E-state index contributed by atoms with van der Waals surface area (Å²) in [6, 6.07) is 3.73. The third-order valence-electron chi connectivity index (χ3n) is 4.37. The molecule has 23 heavy (non-hydrogen) atoms. The lowest BCUT2D eigenvalue weighted by Crippen LogP contribution is -2.37. The van der Waals surface area contributed by atoms with Crippen molar-refractivity contribution in [3.63, 3.8) is 0 Å². The normalized spacial score (nSPS) is 21.1. The van der Waals surface area contributed by atoms with Crippen LogP contribution in [0, 0.1) is 0 Å². The predicted molar refractivity (Wildman–Crippen MR) is 80.9 cm³/mol. The van der Waals surface area contributed by atoms with Gasteiger partial charge in [-0.05, 0) is 25.8 Å². The molecule has 2 aromatic heterocycles. The zero-order valence-electron chi connectivity index (χ0n) is 13.1. The molecule has 0 N–H and O–H groups in total. The molecule has 1 amide bonds. The number of ether oxygens (including phenoxy) is 1. The van der Waals surface area contributed by atoms with Crippen molar-refractivity contribution in [2.45, 2.75) is 44.9 Å². The van der Waals surface area contributed by atoms with Crippen LogP contribution in [0.15, 0.2) is 22.9 Å². The lowest BCUT2D eigenvalue weighted by Gasteiger charge is -2.23. The maximum Gasteiger partial charge on any atom is 0.276 e. The SMILES string of the molecule is CCO[C@H]1CN(C(=O)c2cc(C3CC3)on2)Cc2ccnn2C1. The monoisotopic (exact) mass is 316 g/mol. The lowest BCUT2D eigenvalue weighted by atomic mass is 10.2. The lowest BCUT2D eigenvalue weighted by molar-refractivity contribution is 0.0242. The van der Waals surface area contributed by atoms with E-state index in [1.165, 1.54) is 0 Å². The minimum absolute atomic E-state index is 0.0695. The van der Waals surface area contributed by atoms with Gasteiger partial charge in [0.25, 0.3) is 5.91 Å². The molecule has 2 aromatic rings. The molecule has 1 aliphatic carbocycles. The topological polar surface area (TPSA) is 73.4 Å². The van der Waals surface area contributed by atoms with E-state index < -0.39 is 0 Å². The summed E-state index contributed by atoms with van der Waals surface area (Å²) in [7, 11) is 0. The van der Waals surface area contributed by atoms with E-state index in [0.717, 1.165) is 24.3 Å². The molecular weight excluding hydrogens is 296 g/mol. The standard InChI is InChI=1S/C16H20N4O3/c1-2-22-13-9-19(8-12-5-6-17-20(12)10-13)16(21)14-7-15(23-18-14)11-3-4-11/h5-7,11,13H,2-4,8-10H2,1H3/t13-/m0/s1. The Labute approximate surface area is 134 Å². The number of amides is 1. The van der Waals surface area contributed by atoms with Crippen LogP contribution in [0.2, 0.25) is 0 Å². The van der Waals surface area contributed by atoms with Gasteiger partial charge in [-0.1, -0.05) is 5.16 Å². The molecule has 2 aliphatic rings. The van der Waals surface area contributed by atoms with Crippen LogP contribution in [0.3, 0.4) is 0 Å². The summed E-state index contributed by atoms with van der Waals surface area (Å²) < 4.78 is 13.0. The van der Waals surface area contributed by atoms with Crippen LogP contribution in [0.25, 0.3) is 0 Å². The minimum Gasteiger partial charge on any atom is -0.375 e. The van der Waals surface area contributed by atoms with E-state index in [-0.39, 0.29) is 12.0 Å². The predicted octanol–water partition coefficient (Wildman–Crippen LogP) is 1.81. The Hall–Kier alpha value is -2.15. The molecule has 0 aromatic carbocycles. The van der Waals surface area contributed by atoms with Crippen molar-refractivity contribution in [1.29, 1.82) is 0 Å². The minimum atomic E-state index is -0.111. The molecule has 1 atom stereocenters. The fraction of sp³-hybridized carbons (Fsp3) is 0.562. The van der Waals surface area contributed by atoms with Gasteiger partial charge in [-0.25, -0.2) is 0 Å². The van der Waals surface area contributed by atoms with Crippen LogP contribution >= 0.6 is 0 Å². The summed E-state index contributed by atoms with van der Waals surface area (Å²) >= 11 is 0. The van der Waals surface area contributed by atoms with Crippen molar-refractivity contribution in [3.8, 4) is 0 Å². The molecule has 0 radical (unpaired) electrons. The molecule has 0 saturated heterocycles. The average molecular weight is 316 g/mol. The van der Waals surface area contributed by atoms with E-state index in [2.05, 4.69) is 10.3 Å². The van der Waals surface area contributed by atoms with Gasteiger partial charge in [0.2, 0.25) is 0 Å². The fourth-order valence-electron chi connectivity index (χ4n) is 3.02. The summed E-state index contributed by atoms with van der Waals surface area (Å²) in [5, 5.41) is 8.28. The Bertz CT molecular complexity index is 704. The van der Waals surface area contributed by atoms with Crippen LogP contribution in [-0.4, -0.2) is 45.0 Å². The summed E-state index contributed by atoms with van der Waals surface area (Å²) in [6.45, 7) is 4.27. The van der Waals surface area contributed by atoms with Crippen molar-refractivity contribution in [3.05, 3.63) is 35.5 Å². The first-order chi connectivity index (χ1) is 11.2. The smallest absolute Gasteiger partial charge is 0.276 e. The first-order valence-corrected chi connectivity index (χ1v) is 8.12. The number of aromatic nitrogens is 3. The molecule has 7 heteroatoms. The van der Waals surface area contributed by atoms with Crippen molar-refractivity contribution >= 4 is 5.91 Å². The van der Waals surface area contributed by atoms with Crippen molar-refractivity contribution < 1.29 is 14.1 Å². The fourth-order valence-corrected chi connectivity index (χ4v) is 3.02. The Morgan fingerprint density at radius 3 is 3.09 bits per heavy atom. The van der Waals surface area contributed by atoms with Crippen LogP contribution in [0.1, 0.15) is 47.6 Å². The molecule has 4 rings (SSSR count). The zero-order valence-corrected chi connectivity index (χ0v) is 13.1. The highest BCUT2D eigenvalue weighted by Crippen LogP contribution is 2.40. The molecule has 122 valence electrons. The molecule has 0 spiro atoms. The van der Waals surface area contributed by atoms with Crippen molar-refractivity contribution in [2.24, 2.45) is 0 Å². The van der Waals surface area contributed by atoms with Gasteiger partial charge in [0.05, 0.1) is 24.9 Å². The highest BCUT2D eigenvalue weighted by molar-refractivity contribution is 5.92. The van der Waals surface area contributed by atoms with Gasteiger partial charge in [0, 0.05) is 31.3 Å². The first kappa shape index (κ1) is 14.4. The molecule has 7 nitrogen and oxygen atoms in total. The summed E-state index contributed by atoms with van der Waals surface area (Å²) in [6.07, 6.45) is 3.93. The molecular formula is C16H20N4O3. The Morgan fingerprint density at radius 2 is 2.30 bits per heavy atom. The molecule has 3 heterocycles. The number of nitrogens with zero attached hydrogens (tertiary/aromatic N) is 4. The number of carbonyl (C=O) groups is 1. The molecule has 0 unspecified atom stereocenters. The van der Waals surface area contributed by atoms with Crippen LogP contribution in [0.4, 0.5) is 0 Å². The second kappa shape index (κ2) is 5.81. The molecule has 0 bridgehead atoms. The van der Waals surface area contributed by atoms with Crippen LogP contribution in [-0.2, 0) is 17.8 Å². The number of hydrogen-bond acceptors (Lipinski definition) is 5. The van der Waals surface area contributed by atoms with Gasteiger partial charge in [-0.3, -0.25) is 9.48 Å². The second-order valence-corrected chi connectivity index (χ2v) is 6.16. The number of hydrogen-bond donors (Lipinski definition) is 0. The molecule has 1 saturated carbocycles. The van der Waals surface area contributed by atoms with Crippen molar-refractivity contribution in [1.82, 2.24) is 19.8 Å². The van der Waals surface area contributed by atoms with Gasteiger partial charge in [-0.2, -0.15) is 5.10 Å². The largest absolute Gasteiger partial charge is 0.375 e. The number of rotatable bonds is 4. The molecule has 1 fully saturated rings. The highest BCUT2D eigenvalue weighted by atomic mass is 16.5. The third-order valence-corrected chi connectivity index (χ3v) is 4.37. The molecule has 1 aliphatic heterocycles. The number of fused-ring (bicyclic) bond motifs is 1. The average Bonchev–Trinajstić information content (AvgIpc) is 3.17. The van der Waals surface area contributed by atoms with E-state index in [9.17, 15) is 4.79 Å². The quantitative estimate of drug-likeness (QED) is 0.860. The van der Waals surface area contributed by atoms with Gasteiger partial charge in [0.1, 0.15) is 5.76 Å². The van der Waals surface area contributed by atoms with Crippen LogP contribution in [0.5, 0.6) is 0 Å². The zero-order chi connectivity index (χ0) is 15.8. The van der Waals surface area contributed by atoms with Crippen molar-refractivity contribution in [2.75, 3.05) is 13.2 Å². The van der Waals surface area contributed by atoms with Gasteiger partial charge < -0.3 is 14.2 Å². The third kappa shape index (κ3) is 2.88. The second-order valence-electron chi connectivity index (χ2n) is 6.16. The van der Waals surface area contributed by atoms with E-state index in [4.69, 9.17) is 9.26 Å². The van der Waals surface area contributed by atoms with Gasteiger partial charge in [0.15, 0.2) is 5.69 Å². The van der Waals surface area contributed by atoms with E-state index in [1.807, 2.05) is 17.7 Å². The summed E-state index contributed by atoms with van der Waals surface area (Å²) in [5.41, 5.74) is 1.39. The van der Waals surface area contributed by atoms with E-state index in [1.54, 1.807) is 17.2 Å². The summed E-state index contributed by atoms with van der Waals surface area (Å²) in [5.74, 6) is 1.17. The highest BCUT2D eigenvalue weighted by Gasteiger charge is 2.31. The Morgan fingerprint density at radius 1 is 1.43 bits per heavy atom. The van der Waals surface area contributed by atoms with E-state index >= 15 is 0 Å². The Kier molecular flexibility index (Phi) is 3.65. The number of carbonyl (C=O) groups excluding carboxylic acids is 1. The first-order valence-electron chi connectivity index (χ1n) is 8.12. The van der Waals surface area contributed by atoms with Crippen LogP contribution < -0.4 is 0 Å².